The fourth-order valence-electron chi connectivity index (χ4n) is 2.89. The van der Waals surface area contributed by atoms with Crippen molar-refractivity contribution in [2.24, 2.45) is 16.8 Å². The van der Waals surface area contributed by atoms with E-state index in [0.717, 1.165) is 81.5 Å². The second-order valence-electron chi connectivity index (χ2n) is 7.77. The van der Waals surface area contributed by atoms with Crippen molar-refractivity contribution in [3.8, 4) is 0 Å². The molecule has 29 heavy (non-hydrogen) atoms. The molecule has 1 aromatic heterocycles. The van der Waals surface area contributed by atoms with E-state index in [1.807, 2.05) is 0 Å². The van der Waals surface area contributed by atoms with Crippen LogP contribution in [-0.2, 0) is 17.7 Å². The molecule has 0 radical (unpaired) electrons. The van der Waals surface area contributed by atoms with Gasteiger partial charge in [0, 0.05) is 45.8 Å². The van der Waals surface area contributed by atoms with E-state index >= 15 is 0 Å². The molecule has 1 heterocycles. The highest BCUT2D eigenvalue weighted by Crippen LogP contribution is 2.28. The van der Waals surface area contributed by atoms with Crippen LogP contribution in [0, 0.1) is 11.8 Å². The van der Waals surface area contributed by atoms with Crippen molar-refractivity contribution in [3.05, 3.63) is 5.82 Å². The molecule has 2 N–H and O–H groups in total. The molecule has 1 aliphatic rings. The summed E-state index contributed by atoms with van der Waals surface area (Å²) < 4.78 is 7.93. The van der Waals surface area contributed by atoms with Gasteiger partial charge in [-0.3, -0.25) is 4.99 Å². The lowest BCUT2D eigenvalue weighted by Crippen LogP contribution is -2.38. The standard InChI is InChI=1S/C20H38N6OS.HI/c1-5-21-19(23-12-7-13-27-15-17-9-10-17)22-11-6-8-18-24-25-20(28-4)26(18)14-16(2)3;/h16-17H,5-15H2,1-4H3,(H2,21,22,23);1H. The Labute approximate surface area is 197 Å². The molecule has 2 rings (SSSR count). The van der Waals surface area contributed by atoms with E-state index in [-0.39, 0.29) is 24.0 Å². The Morgan fingerprint density at radius 1 is 1.28 bits per heavy atom. The summed E-state index contributed by atoms with van der Waals surface area (Å²) in [6.07, 6.45) is 7.63. The van der Waals surface area contributed by atoms with Gasteiger partial charge in [0.2, 0.25) is 0 Å². The minimum atomic E-state index is 0. The number of nitrogens with one attached hydrogen (secondary N) is 2. The van der Waals surface area contributed by atoms with Gasteiger partial charge in [-0.15, -0.1) is 34.2 Å². The first kappa shape index (κ1) is 26.5. The highest BCUT2D eigenvalue weighted by Gasteiger charge is 2.20. The molecule has 9 heteroatoms. The lowest BCUT2D eigenvalue weighted by Gasteiger charge is -2.12. The number of hydrogen-bond acceptors (Lipinski definition) is 5. The van der Waals surface area contributed by atoms with Crippen LogP contribution in [0.25, 0.3) is 0 Å². The number of guanidine groups is 1. The fourth-order valence-corrected chi connectivity index (χ4v) is 3.41. The predicted octanol–water partition coefficient (Wildman–Crippen LogP) is 3.58. The Balaban J connectivity index is 0.00000420. The number of ether oxygens (including phenoxy) is 1. The van der Waals surface area contributed by atoms with E-state index in [4.69, 9.17) is 9.73 Å². The quantitative estimate of drug-likeness (QED) is 0.124. The van der Waals surface area contributed by atoms with E-state index in [0.29, 0.717) is 5.92 Å². The van der Waals surface area contributed by atoms with Gasteiger partial charge in [-0.2, -0.15) is 0 Å². The maximum atomic E-state index is 5.68. The predicted molar refractivity (Wildman–Crippen MR) is 133 cm³/mol. The van der Waals surface area contributed by atoms with Crippen LogP contribution in [0.5, 0.6) is 0 Å². The number of thioether (sulfide) groups is 1. The number of rotatable bonds is 14. The molecular weight excluding hydrogens is 499 g/mol. The molecule has 0 amide bonds. The summed E-state index contributed by atoms with van der Waals surface area (Å²) in [7, 11) is 0. The molecule has 7 nitrogen and oxygen atoms in total. The molecule has 1 fully saturated rings. The van der Waals surface area contributed by atoms with Crippen LogP contribution in [0.3, 0.4) is 0 Å². The molecule has 0 aliphatic heterocycles. The summed E-state index contributed by atoms with van der Waals surface area (Å²) in [4.78, 5) is 4.69. The van der Waals surface area contributed by atoms with Crippen molar-refractivity contribution in [1.82, 2.24) is 25.4 Å². The SMILES string of the molecule is CCNC(=NCCCc1nnc(SC)n1CC(C)C)NCCCOCC1CC1.I. The normalized spacial score (nSPS) is 14.2. The third kappa shape index (κ3) is 10.9. The van der Waals surface area contributed by atoms with Crippen LogP contribution in [0.15, 0.2) is 10.1 Å². The van der Waals surface area contributed by atoms with E-state index in [1.165, 1.54) is 12.8 Å². The zero-order chi connectivity index (χ0) is 20.2. The zero-order valence-electron chi connectivity index (χ0n) is 18.4. The largest absolute Gasteiger partial charge is 0.381 e. The molecular formula is C20H39IN6OS. The molecule has 0 bridgehead atoms. The first-order valence-electron chi connectivity index (χ1n) is 10.7. The first-order chi connectivity index (χ1) is 13.6. The van der Waals surface area contributed by atoms with Crippen molar-refractivity contribution in [2.45, 2.75) is 64.6 Å². The molecule has 1 saturated carbocycles. The lowest BCUT2D eigenvalue weighted by atomic mass is 10.2. The Bertz CT molecular complexity index is 592. The number of aryl methyl sites for hydroxylation is 1. The van der Waals surface area contributed by atoms with Crippen LogP contribution >= 0.6 is 35.7 Å². The molecule has 168 valence electrons. The van der Waals surface area contributed by atoms with Gasteiger partial charge < -0.3 is 19.9 Å². The van der Waals surface area contributed by atoms with Crippen LogP contribution < -0.4 is 10.6 Å². The van der Waals surface area contributed by atoms with Gasteiger partial charge in [0.25, 0.3) is 0 Å². The summed E-state index contributed by atoms with van der Waals surface area (Å²) in [6.45, 7) is 11.8. The van der Waals surface area contributed by atoms with Crippen molar-refractivity contribution < 1.29 is 4.74 Å². The van der Waals surface area contributed by atoms with Crippen molar-refractivity contribution in [2.75, 3.05) is 39.1 Å². The number of hydrogen-bond donors (Lipinski definition) is 2. The van der Waals surface area contributed by atoms with Gasteiger partial charge >= 0.3 is 0 Å². The van der Waals surface area contributed by atoms with Crippen LogP contribution in [0.2, 0.25) is 0 Å². The number of aliphatic imine (C=N–C) groups is 1. The van der Waals surface area contributed by atoms with E-state index < -0.39 is 0 Å². The maximum Gasteiger partial charge on any atom is 0.191 e. The molecule has 1 aromatic rings. The highest BCUT2D eigenvalue weighted by atomic mass is 127. The molecule has 0 spiro atoms. The zero-order valence-corrected chi connectivity index (χ0v) is 21.6. The topological polar surface area (TPSA) is 76.4 Å². The monoisotopic (exact) mass is 538 g/mol. The van der Waals surface area contributed by atoms with Gasteiger partial charge in [0.15, 0.2) is 11.1 Å². The Hall–Kier alpha value is -0.550. The summed E-state index contributed by atoms with van der Waals surface area (Å²) in [6, 6.07) is 0. The van der Waals surface area contributed by atoms with Gasteiger partial charge in [0.1, 0.15) is 5.82 Å². The van der Waals surface area contributed by atoms with Crippen LogP contribution in [-0.4, -0.2) is 59.8 Å². The number of halogens is 1. The first-order valence-corrected chi connectivity index (χ1v) is 11.9. The van der Waals surface area contributed by atoms with Gasteiger partial charge in [-0.05, 0) is 50.7 Å². The third-order valence-electron chi connectivity index (χ3n) is 4.50. The lowest BCUT2D eigenvalue weighted by molar-refractivity contribution is 0.123. The average Bonchev–Trinajstić information content (AvgIpc) is 3.42. The number of nitrogens with zero attached hydrogens (tertiary/aromatic N) is 4. The fraction of sp³-hybridized carbons (Fsp3) is 0.850. The van der Waals surface area contributed by atoms with Gasteiger partial charge in [0.05, 0.1) is 0 Å². The van der Waals surface area contributed by atoms with E-state index in [1.54, 1.807) is 11.8 Å². The van der Waals surface area contributed by atoms with Gasteiger partial charge in [-0.1, -0.05) is 25.6 Å². The summed E-state index contributed by atoms with van der Waals surface area (Å²) in [5, 5.41) is 16.4. The van der Waals surface area contributed by atoms with Gasteiger partial charge in [-0.25, -0.2) is 0 Å². The molecule has 0 atom stereocenters. The van der Waals surface area contributed by atoms with Crippen molar-refractivity contribution >= 4 is 41.7 Å². The molecule has 0 saturated heterocycles. The van der Waals surface area contributed by atoms with Crippen LogP contribution in [0.4, 0.5) is 0 Å². The minimum absolute atomic E-state index is 0. The van der Waals surface area contributed by atoms with Crippen molar-refractivity contribution in [3.63, 3.8) is 0 Å². The smallest absolute Gasteiger partial charge is 0.191 e. The Morgan fingerprint density at radius 3 is 2.72 bits per heavy atom. The second kappa shape index (κ2) is 15.3. The minimum Gasteiger partial charge on any atom is -0.381 e. The van der Waals surface area contributed by atoms with E-state index in [9.17, 15) is 0 Å². The van der Waals surface area contributed by atoms with E-state index in [2.05, 4.69) is 52.4 Å². The average molecular weight is 539 g/mol. The molecule has 1 aliphatic carbocycles. The maximum absolute atomic E-state index is 5.68. The highest BCUT2D eigenvalue weighted by molar-refractivity contribution is 14.0. The Kier molecular flexibility index (Phi) is 14.0. The molecule has 0 unspecified atom stereocenters. The molecule has 0 aromatic carbocycles. The third-order valence-corrected chi connectivity index (χ3v) is 5.17. The summed E-state index contributed by atoms with van der Waals surface area (Å²) >= 11 is 1.66. The Morgan fingerprint density at radius 2 is 2.07 bits per heavy atom. The summed E-state index contributed by atoms with van der Waals surface area (Å²) in [5.41, 5.74) is 0. The summed E-state index contributed by atoms with van der Waals surface area (Å²) in [5.74, 6) is 3.37. The van der Waals surface area contributed by atoms with Crippen molar-refractivity contribution in [1.29, 1.82) is 0 Å². The number of aromatic nitrogens is 3. The van der Waals surface area contributed by atoms with Crippen LogP contribution in [0.1, 0.15) is 52.3 Å². The second-order valence-corrected chi connectivity index (χ2v) is 8.54.